The number of nitrogens with zero attached hydrogens (tertiary/aromatic N) is 3. The number of hydrogen-bond donors (Lipinski definition) is 0. The van der Waals surface area contributed by atoms with Crippen molar-refractivity contribution in [2.45, 2.75) is 26.8 Å². The van der Waals surface area contributed by atoms with Crippen LogP contribution < -0.4 is 4.74 Å². The van der Waals surface area contributed by atoms with Gasteiger partial charge < -0.3 is 9.64 Å². The molecule has 1 atom stereocenters. The first-order chi connectivity index (χ1) is 13.3. The topological polar surface area (TPSA) is 47.4 Å². The number of benzene rings is 2. The van der Waals surface area contributed by atoms with Gasteiger partial charge in [0.15, 0.2) is 0 Å². The number of rotatable bonds is 5. The molecule has 0 saturated heterocycles. The third-order valence-electron chi connectivity index (χ3n) is 5.05. The van der Waals surface area contributed by atoms with Crippen molar-refractivity contribution in [2.75, 3.05) is 14.2 Å². The zero-order valence-corrected chi connectivity index (χ0v) is 17.5. The molecule has 0 N–H and O–H groups in total. The van der Waals surface area contributed by atoms with Gasteiger partial charge in [0.2, 0.25) is 0 Å². The Morgan fingerprint density at radius 1 is 1.14 bits per heavy atom. The summed E-state index contributed by atoms with van der Waals surface area (Å²) >= 11 is 6.23. The van der Waals surface area contributed by atoms with E-state index >= 15 is 0 Å². The first-order valence-electron chi connectivity index (χ1n) is 9.07. The fourth-order valence-corrected chi connectivity index (χ4v) is 3.34. The smallest absolute Gasteiger partial charge is 0.254 e. The summed E-state index contributed by atoms with van der Waals surface area (Å²) in [6.45, 7) is 5.78. The monoisotopic (exact) mass is 397 g/mol. The predicted octanol–water partition coefficient (Wildman–Crippen LogP) is 4.98. The van der Waals surface area contributed by atoms with Crippen LogP contribution in [0.2, 0.25) is 5.02 Å². The zero-order chi connectivity index (χ0) is 20.4. The Hall–Kier alpha value is -2.79. The van der Waals surface area contributed by atoms with Crippen LogP contribution in [-0.2, 0) is 0 Å². The standard InChI is InChI=1S/C22H24ClN3O2/c1-14-21(23)16(3)26(24-14)18-12-10-17(11-13-18)22(27)25(4)15(2)19-8-6-7-9-20(19)28-5/h6-13,15H,1-5H3/t15-/m1/s1. The van der Waals surface area contributed by atoms with E-state index < -0.39 is 0 Å². The van der Waals surface area contributed by atoms with E-state index in [2.05, 4.69) is 5.10 Å². The Morgan fingerprint density at radius 3 is 2.36 bits per heavy atom. The summed E-state index contributed by atoms with van der Waals surface area (Å²) in [5.41, 5.74) is 4.10. The van der Waals surface area contributed by atoms with Gasteiger partial charge in [-0.05, 0) is 51.1 Å². The molecule has 0 aliphatic rings. The summed E-state index contributed by atoms with van der Waals surface area (Å²) in [6.07, 6.45) is 0. The van der Waals surface area contributed by atoms with Crippen LogP contribution in [0.4, 0.5) is 0 Å². The van der Waals surface area contributed by atoms with Crippen molar-refractivity contribution in [1.82, 2.24) is 14.7 Å². The van der Waals surface area contributed by atoms with Crippen LogP contribution in [0, 0.1) is 13.8 Å². The highest BCUT2D eigenvalue weighted by molar-refractivity contribution is 6.31. The number of ether oxygens (including phenoxy) is 1. The van der Waals surface area contributed by atoms with E-state index in [4.69, 9.17) is 16.3 Å². The number of carbonyl (C=O) groups excluding carboxylic acids is 1. The second-order valence-electron chi connectivity index (χ2n) is 6.78. The lowest BCUT2D eigenvalue weighted by Crippen LogP contribution is -2.29. The van der Waals surface area contributed by atoms with Gasteiger partial charge in [-0.1, -0.05) is 29.8 Å². The molecule has 5 nitrogen and oxygen atoms in total. The van der Waals surface area contributed by atoms with Gasteiger partial charge in [0, 0.05) is 18.2 Å². The fraction of sp³-hybridized carbons (Fsp3) is 0.273. The lowest BCUT2D eigenvalue weighted by atomic mass is 10.0. The van der Waals surface area contributed by atoms with E-state index in [9.17, 15) is 4.79 Å². The lowest BCUT2D eigenvalue weighted by molar-refractivity contribution is 0.0741. The summed E-state index contributed by atoms with van der Waals surface area (Å²) in [7, 11) is 3.44. The van der Waals surface area contributed by atoms with Crippen molar-refractivity contribution in [3.05, 3.63) is 76.1 Å². The molecule has 6 heteroatoms. The van der Waals surface area contributed by atoms with E-state index in [-0.39, 0.29) is 11.9 Å². The van der Waals surface area contributed by atoms with Gasteiger partial charge in [-0.3, -0.25) is 4.79 Å². The van der Waals surface area contributed by atoms with Gasteiger partial charge >= 0.3 is 0 Å². The molecule has 3 aromatic rings. The molecule has 1 aromatic heterocycles. The van der Waals surface area contributed by atoms with Gasteiger partial charge in [-0.25, -0.2) is 4.68 Å². The second kappa shape index (κ2) is 8.07. The van der Waals surface area contributed by atoms with Gasteiger partial charge in [0.05, 0.1) is 35.2 Å². The van der Waals surface area contributed by atoms with Crippen molar-refractivity contribution < 1.29 is 9.53 Å². The highest BCUT2D eigenvalue weighted by Crippen LogP contribution is 2.29. The van der Waals surface area contributed by atoms with Crippen LogP contribution >= 0.6 is 11.6 Å². The molecule has 0 aliphatic heterocycles. The van der Waals surface area contributed by atoms with Gasteiger partial charge in [-0.15, -0.1) is 0 Å². The maximum Gasteiger partial charge on any atom is 0.254 e. The average molecular weight is 398 g/mol. The van der Waals surface area contributed by atoms with Gasteiger partial charge in [0.1, 0.15) is 5.75 Å². The van der Waals surface area contributed by atoms with Crippen molar-refractivity contribution in [3.63, 3.8) is 0 Å². The Labute approximate surface area is 170 Å². The van der Waals surface area contributed by atoms with Crippen LogP contribution in [0.5, 0.6) is 5.75 Å². The highest BCUT2D eigenvalue weighted by Gasteiger charge is 2.21. The Morgan fingerprint density at radius 2 is 1.79 bits per heavy atom. The van der Waals surface area contributed by atoms with Crippen molar-refractivity contribution in [2.24, 2.45) is 0 Å². The lowest BCUT2D eigenvalue weighted by Gasteiger charge is -2.26. The summed E-state index contributed by atoms with van der Waals surface area (Å²) in [5, 5.41) is 5.11. The van der Waals surface area contributed by atoms with Crippen molar-refractivity contribution in [3.8, 4) is 11.4 Å². The summed E-state index contributed by atoms with van der Waals surface area (Å²) in [4.78, 5) is 14.7. The minimum Gasteiger partial charge on any atom is -0.496 e. The van der Waals surface area contributed by atoms with E-state index in [1.54, 1.807) is 23.7 Å². The third-order valence-corrected chi connectivity index (χ3v) is 5.60. The molecule has 146 valence electrons. The van der Waals surface area contributed by atoms with E-state index in [0.29, 0.717) is 10.6 Å². The molecular weight excluding hydrogens is 374 g/mol. The summed E-state index contributed by atoms with van der Waals surface area (Å²) in [6, 6.07) is 15.0. The molecule has 3 rings (SSSR count). The summed E-state index contributed by atoms with van der Waals surface area (Å²) < 4.78 is 7.22. The Bertz CT molecular complexity index is 996. The Balaban J connectivity index is 1.83. The molecule has 0 saturated carbocycles. The van der Waals surface area contributed by atoms with Crippen LogP contribution in [-0.4, -0.2) is 34.7 Å². The number of aryl methyl sites for hydroxylation is 1. The maximum atomic E-state index is 13.0. The number of aromatic nitrogens is 2. The number of carbonyl (C=O) groups is 1. The van der Waals surface area contributed by atoms with Gasteiger partial charge in [-0.2, -0.15) is 5.10 Å². The number of halogens is 1. The normalized spacial score (nSPS) is 11.9. The molecule has 0 spiro atoms. The molecule has 2 aromatic carbocycles. The summed E-state index contributed by atoms with van der Waals surface area (Å²) in [5.74, 6) is 0.711. The molecule has 1 amide bonds. The van der Waals surface area contributed by atoms with Crippen molar-refractivity contribution in [1.29, 1.82) is 0 Å². The number of methoxy groups -OCH3 is 1. The molecule has 0 fully saturated rings. The van der Waals surface area contributed by atoms with E-state index in [1.807, 2.05) is 69.3 Å². The molecule has 0 radical (unpaired) electrons. The second-order valence-corrected chi connectivity index (χ2v) is 7.16. The van der Waals surface area contributed by atoms with Crippen LogP contribution in [0.1, 0.15) is 40.3 Å². The number of amides is 1. The van der Waals surface area contributed by atoms with Gasteiger partial charge in [0.25, 0.3) is 5.91 Å². The first kappa shape index (κ1) is 20.0. The zero-order valence-electron chi connectivity index (χ0n) is 16.7. The van der Waals surface area contributed by atoms with Crippen LogP contribution in [0.25, 0.3) is 5.69 Å². The maximum absolute atomic E-state index is 13.0. The first-order valence-corrected chi connectivity index (χ1v) is 9.45. The number of hydrogen-bond acceptors (Lipinski definition) is 3. The predicted molar refractivity (Wildman–Crippen MR) is 112 cm³/mol. The third kappa shape index (κ3) is 3.62. The SMILES string of the molecule is COc1ccccc1[C@@H](C)N(C)C(=O)c1ccc(-n2nc(C)c(Cl)c2C)cc1. The molecular formula is C22H24ClN3O2. The van der Waals surface area contributed by atoms with E-state index in [1.165, 1.54) is 0 Å². The number of para-hydroxylation sites is 1. The largest absolute Gasteiger partial charge is 0.496 e. The molecule has 1 heterocycles. The molecule has 0 aliphatic carbocycles. The molecule has 0 bridgehead atoms. The minimum absolute atomic E-state index is 0.0589. The average Bonchev–Trinajstić information content (AvgIpc) is 2.99. The van der Waals surface area contributed by atoms with Crippen LogP contribution in [0.3, 0.4) is 0 Å². The minimum atomic E-state index is -0.127. The van der Waals surface area contributed by atoms with E-state index in [0.717, 1.165) is 28.4 Å². The fourth-order valence-electron chi connectivity index (χ4n) is 3.22. The highest BCUT2D eigenvalue weighted by atomic mass is 35.5. The molecule has 0 unspecified atom stereocenters. The Kier molecular flexibility index (Phi) is 5.75. The van der Waals surface area contributed by atoms with Crippen molar-refractivity contribution >= 4 is 17.5 Å². The van der Waals surface area contributed by atoms with Crippen LogP contribution in [0.15, 0.2) is 48.5 Å². The quantitative estimate of drug-likeness (QED) is 0.609. The molecule has 28 heavy (non-hydrogen) atoms.